The molecule has 0 N–H and O–H groups in total. The van der Waals surface area contributed by atoms with E-state index in [1.807, 2.05) is 12.2 Å². The first-order valence-corrected chi connectivity index (χ1v) is 9.43. The van der Waals surface area contributed by atoms with Crippen molar-refractivity contribution < 1.29 is 0 Å². The molecule has 2 aromatic rings. The maximum atomic E-state index is 3.79. The highest BCUT2D eigenvalue weighted by Crippen LogP contribution is 2.14. The molecule has 0 atom stereocenters. The summed E-state index contributed by atoms with van der Waals surface area (Å²) in [6.07, 6.45) is 14.9. The quantitative estimate of drug-likeness (QED) is 0.579. The van der Waals surface area contributed by atoms with Crippen molar-refractivity contribution in [2.45, 2.75) is 40.5 Å². The maximum Gasteiger partial charge on any atom is -0.0184 e. The lowest BCUT2D eigenvalue weighted by molar-refractivity contribution is 0.910. The third-order valence-corrected chi connectivity index (χ3v) is 4.65. The molecular weight excluding hydrogens is 312 g/mol. The second-order valence-corrected chi connectivity index (χ2v) is 6.65. The van der Waals surface area contributed by atoms with Gasteiger partial charge in [-0.2, -0.15) is 0 Å². The van der Waals surface area contributed by atoms with Crippen LogP contribution in [0.4, 0.5) is 0 Å². The number of rotatable bonds is 6. The van der Waals surface area contributed by atoms with Crippen LogP contribution in [-0.4, -0.2) is 0 Å². The van der Waals surface area contributed by atoms with Crippen LogP contribution in [0, 0.1) is 6.92 Å². The number of hydrogen-bond acceptors (Lipinski definition) is 0. The van der Waals surface area contributed by atoms with E-state index in [2.05, 4.69) is 95.0 Å². The average Bonchev–Trinajstić information content (AvgIpc) is 2.66. The first-order chi connectivity index (χ1) is 12.6. The van der Waals surface area contributed by atoms with Crippen molar-refractivity contribution in [3.05, 3.63) is 93.9 Å². The molecule has 0 radical (unpaired) electrons. The van der Waals surface area contributed by atoms with Gasteiger partial charge in [-0.25, -0.2) is 0 Å². The van der Waals surface area contributed by atoms with Gasteiger partial charge in [0.1, 0.15) is 0 Å². The van der Waals surface area contributed by atoms with Gasteiger partial charge in [-0.15, -0.1) is 0 Å². The third-order valence-electron chi connectivity index (χ3n) is 4.65. The monoisotopic (exact) mass is 342 g/mol. The van der Waals surface area contributed by atoms with Crippen LogP contribution in [-0.2, 0) is 6.42 Å². The van der Waals surface area contributed by atoms with E-state index in [9.17, 15) is 0 Å². The fourth-order valence-corrected chi connectivity index (χ4v) is 3.17. The first-order valence-electron chi connectivity index (χ1n) is 9.43. The first kappa shape index (κ1) is 19.7. The number of aryl methyl sites for hydroxylation is 1. The molecule has 0 saturated heterocycles. The topological polar surface area (TPSA) is 0 Å². The lowest BCUT2D eigenvalue weighted by atomic mass is 9.97. The minimum atomic E-state index is 1.08. The molecule has 0 fully saturated rings. The van der Waals surface area contributed by atoms with Crippen LogP contribution in [0.15, 0.2) is 61.2 Å². The van der Waals surface area contributed by atoms with Crippen molar-refractivity contribution in [3.8, 4) is 0 Å². The molecule has 0 saturated carbocycles. The van der Waals surface area contributed by atoms with Gasteiger partial charge in [0, 0.05) is 0 Å². The SMILES string of the molecule is C=C/C=C\c1ccc(=C/C=C(\C)c2ccc(C)cc2)/c(=C\C)c1CCC. The Bertz CT molecular complexity index is 919. The highest BCUT2D eigenvalue weighted by atomic mass is 14.1. The largest absolute Gasteiger partial charge is 0.0991 e. The molecule has 134 valence electrons. The smallest absolute Gasteiger partial charge is 0.0184 e. The summed E-state index contributed by atoms with van der Waals surface area (Å²) >= 11 is 0. The van der Waals surface area contributed by atoms with Crippen molar-refractivity contribution in [3.63, 3.8) is 0 Å². The number of hydrogen-bond donors (Lipinski definition) is 0. The molecule has 0 bridgehead atoms. The zero-order chi connectivity index (χ0) is 18.9. The van der Waals surface area contributed by atoms with Gasteiger partial charge in [-0.3, -0.25) is 0 Å². The summed E-state index contributed by atoms with van der Waals surface area (Å²) in [6, 6.07) is 13.1. The molecule has 0 aliphatic rings. The molecule has 26 heavy (non-hydrogen) atoms. The molecule has 0 heteroatoms. The second-order valence-electron chi connectivity index (χ2n) is 6.65. The van der Waals surface area contributed by atoms with Gasteiger partial charge < -0.3 is 0 Å². The van der Waals surface area contributed by atoms with Crippen molar-refractivity contribution in [1.29, 1.82) is 0 Å². The minimum Gasteiger partial charge on any atom is -0.0991 e. The fourth-order valence-electron chi connectivity index (χ4n) is 3.17. The molecule has 0 spiro atoms. The second kappa shape index (κ2) is 9.77. The third kappa shape index (κ3) is 4.95. The summed E-state index contributed by atoms with van der Waals surface area (Å²) in [6.45, 7) is 12.4. The summed E-state index contributed by atoms with van der Waals surface area (Å²) in [5.74, 6) is 0. The summed E-state index contributed by atoms with van der Waals surface area (Å²) in [4.78, 5) is 0. The Hall–Kier alpha value is -2.60. The molecular formula is C26H30. The van der Waals surface area contributed by atoms with E-state index in [4.69, 9.17) is 0 Å². The van der Waals surface area contributed by atoms with Crippen LogP contribution in [0.2, 0.25) is 0 Å². The molecule has 0 aromatic heterocycles. The fraction of sp³-hybridized carbons (Fsp3) is 0.231. The molecule has 0 unspecified atom stereocenters. The van der Waals surface area contributed by atoms with Gasteiger partial charge in [0.05, 0.1) is 0 Å². The van der Waals surface area contributed by atoms with Gasteiger partial charge in [0.25, 0.3) is 0 Å². The minimum absolute atomic E-state index is 1.08. The molecule has 0 aliphatic carbocycles. The van der Waals surface area contributed by atoms with E-state index in [1.165, 1.54) is 38.3 Å². The predicted octanol–water partition coefficient (Wildman–Crippen LogP) is 5.83. The molecule has 2 aromatic carbocycles. The van der Waals surface area contributed by atoms with Gasteiger partial charge in [-0.05, 0) is 59.9 Å². The number of allylic oxidation sites excluding steroid dienone is 4. The Labute approximate surface area is 158 Å². The highest BCUT2D eigenvalue weighted by Gasteiger charge is 2.02. The van der Waals surface area contributed by atoms with Crippen LogP contribution in [0.25, 0.3) is 23.8 Å². The molecule has 2 rings (SSSR count). The summed E-state index contributed by atoms with van der Waals surface area (Å²) in [5, 5.41) is 2.61. The zero-order valence-corrected chi connectivity index (χ0v) is 16.5. The van der Waals surface area contributed by atoms with Crippen molar-refractivity contribution >= 4 is 23.8 Å². The molecule has 0 heterocycles. The zero-order valence-electron chi connectivity index (χ0n) is 16.5. The van der Waals surface area contributed by atoms with Gasteiger partial charge in [0.15, 0.2) is 0 Å². The van der Waals surface area contributed by atoms with Gasteiger partial charge in [-0.1, -0.05) is 98.3 Å². The Morgan fingerprint density at radius 2 is 1.81 bits per heavy atom. The van der Waals surface area contributed by atoms with E-state index < -0.39 is 0 Å². The van der Waals surface area contributed by atoms with E-state index in [-0.39, 0.29) is 0 Å². The van der Waals surface area contributed by atoms with Crippen molar-refractivity contribution in [1.82, 2.24) is 0 Å². The molecule has 0 aliphatic heterocycles. The van der Waals surface area contributed by atoms with Crippen LogP contribution < -0.4 is 10.4 Å². The maximum absolute atomic E-state index is 3.79. The Kier molecular flexibility index (Phi) is 7.41. The van der Waals surface area contributed by atoms with E-state index >= 15 is 0 Å². The molecule has 0 nitrogen and oxygen atoms in total. The normalized spacial score (nSPS) is 13.6. The summed E-state index contributed by atoms with van der Waals surface area (Å²) in [7, 11) is 0. The lowest BCUT2D eigenvalue weighted by Gasteiger charge is -2.07. The standard InChI is InChI=1S/C26H30/c1-6-9-11-23-18-19-24(25(8-3)26(23)10-7-2)17-14-21(5)22-15-12-20(4)13-16-22/h6,8-9,11-19H,1,7,10H2,2-5H3/b11-9-,21-14+,24-17-,25-8+. The lowest BCUT2D eigenvalue weighted by Crippen LogP contribution is -2.29. The highest BCUT2D eigenvalue weighted by molar-refractivity contribution is 5.70. The van der Waals surface area contributed by atoms with Gasteiger partial charge in [0.2, 0.25) is 0 Å². The van der Waals surface area contributed by atoms with Crippen LogP contribution >= 0.6 is 0 Å². The van der Waals surface area contributed by atoms with Crippen molar-refractivity contribution in [2.24, 2.45) is 0 Å². The summed E-state index contributed by atoms with van der Waals surface area (Å²) < 4.78 is 0. The number of benzene rings is 2. The Morgan fingerprint density at radius 3 is 2.42 bits per heavy atom. The Morgan fingerprint density at radius 1 is 1.08 bits per heavy atom. The summed E-state index contributed by atoms with van der Waals surface area (Å²) in [5.41, 5.74) is 6.55. The van der Waals surface area contributed by atoms with Crippen molar-refractivity contribution in [2.75, 3.05) is 0 Å². The van der Waals surface area contributed by atoms with Gasteiger partial charge >= 0.3 is 0 Å². The molecule has 0 amide bonds. The predicted molar refractivity (Wildman–Crippen MR) is 118 cm³/mol. The average molecular weight is 343 g/mol. The van der Waals surface area contributed by atoms with E-state index in [0.29, 0.717) is 0 Å². The van der Waals surface area contributed by atoms with E-state index in [0.717, 1.165) is 12.8 Å². The van der Waals surface area contributed by atoms with E-state index in [1.54, 1.807) is 0 Å². The Balaban J connectivity index is 2.55. The van der Waals surface area contributed by atoms with Crippen LogP contribution in [0.1, 0.15) is 49.4 Å². The van der Waals surface area contributed by atoms with Crippen LogP contribution in [0.3, 0.4) is 0 Å². The van der Waals surface area contributed by atoms with Crippen LogP contribution in [0.5, 0.6) is 0 Å².